The summed E-state index contributed by atoms with van der Waals surface area (Å²) in [6.45, 7) is 5.27. The fourth-order valence-electron chi connectivity index (χ4n) is 3.76. The van der Waals surface area contributed by atoms with E-state index < -0.39 is 0 Å². The second-order valence-electron chi connectivity index (χ2n) is 7.39. The van der Waals surface area contributed by atoms with E-state index in [-0.39, 0.29) is 17.9 Å². The first-order valence-electron chi connectivity index (χ1n) is 9.60. The largest absolute Gasteiger partial charge is 0.342 e. The molecule has 2 heterocycles. The van der Waals surface area contributed by atoms with Crippen molar-refractivity contribution in [2.75, 3.05) is 31.9 Å². The van der Waals surface area contributed by atoms with E-state index in [0.717, 1.165) is 56.8 Å². The van der Waals surface area contributed by atoms with Gasteiger partial charge in [-0.15, -0.1) is 11.8 Å². The van der Waals surface area contributed by atoms with Gasteiger partial charge in [0.2, 0.25) is 5.91 Å². The summed E-state index contributed by atoms with van der Waals surface area (Å²) in [7, 11) is 0. The fraction of sp³-hybridized carbons (Fsp3) is 0.600. The number of piperidine rings is 1. The van der Waals surface area contributed by atoms with Crippen LogP contribution in [0.4, 0.5) is 0 Å². The van der Waals surface area contributed by atoms with Crippen molar-refractivity contribution in [2.24, 2.45) is 11.7 Å². The predicted octanol–water partition coefficient (Wildman–Crippen LogP) is 2.60. The van der Waals surface area contributed by atoms with Crippen LogP contribution in [0.2, 0.25) is 0 Å². The molecule has 5 nitrogen and oxygen atoms in total. The number of thioether (sulfide) groups is 1. The van der Waals surface area contributed by atoms with Crippen molar-refractivity contribution in [3.05, 3.63) is 29.8 Å². The number of likely N-dealkylation sites (tertiary alicyclic amines) is 2. The summed E-state index contributed by atoms with van der Waals surface area (Å²) in [5, 5.41) is 0. The highest BCUT2D eigenvalue weighted by Gasteiger charge is 2.28. The summed E-state index contributed by atoms with van der Waals surface area (Å²) in [6, 6.07) is 7.75. The molecule has 6 heteroatoms. The first-order valence-corrected chi connectivity index (χ1v) is 10.6. The molecule has 0 aliphatic carbocycles. The molecule has 142 valence electrons. The van der Waals surface area contributed by atoms with Crippen LogP contribution in [0.1, 0.15) is 43.0 Å². The monoisotopic (exact) mass is 375 g/mol. The number of amides is 2. The van der Waals surface area contributed by atoms with Gasteiger partial charge in [-0.2, -0.15) is 0 Å². The molecular weight excluding hydrogens is 346 g/mol. The summed E-state index contributed by atoms with van der Waals surface area (Å²) >= 11 is 1.48. The van der Waals surface area contributed by atoms with Crippen LogP contribution < -0.4 is 5.73 Å². The second-order valence-corrected chi connectivity index (χ2v) is 8.40. The molecular formula is C20H29N3O2S. The third-order valence-electron chi connectivity index (χ3n) is 5.42. The topological polar surface area (TPSA) is 66.6 Å². The maximum Gasteiger partial charge on any atom is 0.254 e. The van der Waals surface area contributed by atoms with Crippen LogP contribution in [0.5, 0.6) is 0 Å². The summed E-state index contributed by atoms with van der Waals surface area (Å²) in [4.78, 5) is 30.1. The van der Waals surface area contributed by atoms with Crippen molar-refractivity contribution in [1.29, 1.82) is 0 Å². The highest BCUT2D eigenvalue weighted by molar-refractivity contribution is 8.00. The molecule has 0 saturated carbocycles. The van der Waals surface area contributed by atoms with Crippen LogP contribution in [-0.2, 0) is 4.79 Å². The zero-order chi connectivity index (χ0) is 18.5. The number of nitrogens with two attached hydrogens (primary N) is 1. The van der Waals surface area contributed by atoms with E-state index in [1.54, 1.807) is 0 Å². The van der Waals surface area contributed by atoms with Gasteiger partial charge in [0.1, 0.15) is 0 Å². The lowest BCUT2D eigenvalue weighted by Gasteiger charge is -2.35. The van der Waals surface area contributed by atoms with E-state index in [9.17, 15) is 9.59 Å². The number of carbonyl (C=O) groups excluding carboxylic acids is 2. The molecule has 2 aliphatic heterocycles. The molecule has 3 rings (SSSR count). The molecule has 2 amide bonds. The molecule has 2 saturated heterocycles. The molecule has 0 radical (unpaired) electrons. The molecule has 0 spiro atoms. The van der Waals surface area contributed by atoms with Gasteiger partial charge in [0.25, 0.3) is 5.91 Å². The summed E-state index contributed by atoms with van der Waals surface area (Å²) < 4.78 is 0. The van der Waals surface area contributed by atoms with Crippen LogP contribution in [0, 0.1) is 5.92 Å². The average Bonchev–Trinajstić information content (AvgIpc) is 3.21. The lowest BCUT2D eigenvalue weighted by molar-refractivity contribution is -0.127. The van der Waals surface area contributed by atoms with E-state index in [0.29, 0.717) is 17.2 Å². The van der Waals surface area contributed by atoms with Gasteiger partial charge in [-0.1, -0.05) is 12.1 Å². The highest BCUT2D eigenvalue weighted by Crippen LogP contribution is 2.27. The number of rotatable bonds is 5. The molecule has 1 aromatic carbocycles. The standard InChI is InChI=1S/C20H29N3O2S/c1-15(21)16-7-6-12-23(13-16)20(25)17-8-2-3-9-18(17)26-14-19(24)22-10-4-5-11-22/h2-3,8-9,15-16H,4-7,10-14,21H2,1H3. The second kappa shape index (κ2) is 8.91. The van der Waals surface area contributed by atoms with Crippen LogP contribution in [-0.4, -0.2) is 59.6 Å². The Labute approximate surface area is 160 Å². The van der Waals surface area contributed by atoms with E-state index in [2.05, 4.69) is 0 Å². The van der Waals surface area contributed by atoms with Gasteiger partial charge in [0.05, 0.1) is 11.3 Å². The molecule has 0 aromatic heterocycles. The molecule has 0 bridgehead atoms. The third kappa shape index (κ3) is 4.60. The summed E-state index contributed by atoms with van der Waals surface area (Å²) in [5.74, 6) is 0.994. The Kier molecular flexibility index (Phi) is 6.59. The molecule has 2 aliphatic rings. The maximum absolute atomic E-state index is 13.1. The zero-order valence-electron chi connectivity index (χ0n) is 15.5. The maximum atomic E-state index is 13.1. The number of carbonyl (C=O) groups is 2. The minimum absolute atomic E-state index is 0.0621. The highest BCUT2D eigenvalue weighted by atomic mass is 32.2. The van der Waals surface area contributed by atoms with Gasteiger partial charge in [-0.25, -0.2) is 0 Å². The van der Waals surface area contributed by atoms with Gasteiger partial charge in [-0.3, -0.25) is 9.59 Å². The molecule has 2 fully saturated rings. The van der Waals surface area contributed by atoms with Crippen molar-refractivity contribution in [1.82, 2.24) is 9.80 Å². The van der Waals surface area contributed by atoms with Crippen LogP contribution in [0.25, 0.3) is 0 Å². The van der Waals surface area contributed by atoms with Crippen molar-refractivity contribution in [3.8, 4) is 0 Å². The van der Waals surface area contributed by atoms with Crippen molar-refractivity contribution >= 4 is 23.6 Å². The van der Waals surface area contributed by atoms with E-state index >= 15 is 0 Å². The molecule has 26 heavy (non-hydrogen) atoms. The van der Waals surface area contributed by atoms with Gasteiger partial charge in [0, 0.05) is 37.1 Å². The van der Waals surface area contributed by atoms with Gasteiger partial charge in [-0.05, 0) is 50.7 Å². The zero-order valence-corrected chi connectivity index (χ0v) is 16.3. The Bertz CT molecular complexity index is 644. The normalized spacial score (nSPS) is 21.7. The Morgan fingerprint density at radius 2 is 1.85 bits per heavy atom. The summed E-state index contributed by atoms with van der Waals surface area (Å²) in [5.41, 5.74) is 6.76. The van der Waals surface area contributed by atoms with Crippen molar-refractivity contribution in [2.45, 2.75) is 43.5 Å². The quantitative estimate of drug-likeness (QED) is 0.804. The first kappa shape index (κ1) is 19.2. The Morgan fingerprint density at radius 1 is 1.15 bits per heavy atom. The molecule has 2 unspecified atom stereocenters. The lowest BCUT2D eigenvalue weighted by Crippen LogP contribution is -2.45. The van der Waals surface area contributed by atoms with Crippen LogP contribution in [0.15, 0.2) is 29.2 Å². The lowest BCUT2D eigenvalue weighted by atomic mass is 9.92. The van der Waals surface area contributed by atoms with Gasteiger partial charge >= 0.3 is 0 Å². The van der Waals surface area contributed by atoms with E-state index in [1.165, 1.54) is 11.8 Å². The Hall–Kier alpha value is -1.53. The Balaban J connectivity index is 1.66. The van der Waals surface area contributed by atoms with Gasteiger partial charge in [0.15, 0.2) is 0 Å². The minimum atomic E-state index is 0.0621. The summed E-state index contributed by atoms with van der Waals surface area (Å²) in [6.07, 6.45) is 4.28. The first-order chi connectivity index (χ1) is 12.6. The SMILES string of the molecule is CC(N)C1CCCN(C(=O)c2ccccc2SCC(=O)N2CCCC2)C1. The number of nitrogens with zero attached hydrogens (tertiary/aromatic N) is 2. The van der Waals surface area contributed by atoms with Crippen LogP contribution in [0.3, 0.4) is 0 Å². The minimum Gasteiger partial charge on any atom is -0.342 e. The fourth-order valence-corrected chi connectivity index (χ4v) is 4.71. The Morgan fingerprint density at radius 3 is 2.58 bits per heavy atom. The van der Waals surface area contributed by atoms with Crippen LogP contribution >= 0.6 is 11.8 Å². The van der Waals surface area contributed by atoms with E-state index in [4.69, 9.17) is 5.73 Å². The number of hydrogen-bond acceptors (Lipinski definition) is 4. The average molecular weight is 376 g/mol. The van der Waals surface area contributed by atoms with Gasteiger partial charge < -0.3 is 15.5 Å². The predicted molar refractivity (Wildman–Crippen MR) is 105 cm³/mol. The number of hydrogen-bond donors (Lipinski definition) is 1. The number of benzene rings is 1. The third-order valence-corrected chi connectivity index (χ3v) is 6.47. The van der Waals surface area contributed by atoms with Crippen molar-refractivity contribution in [3.63, 3.8) is 0 Å². The molecule has 2 N–H and O–H groups in total. The molecule has 1 aromatic rings. The molecule has 2 atom stereocenters. The smallest absolute Gasteiger partial charge is 0.254 e. The van der Waals surface area contributed by atoms with E-state index in [1.807, 2.05) is 41.0 Å². The van der Waals surface area contributed by atoms with Crippen molar-refractivity contribution < 1.29 is 9.59 Å².